The van der Waals surface area contributed by atoms with Gasteiger partial charge in [0.2, 0.25) is 0 Å². The smallest absolute Gasteiger partial charge is 0.326 e. The number of carbonyl (C=O) groups excluding carboxylic acids is 1. The molecule has 1 unspecified atom stereocenters. The topological polar surface area (TPSA) is 29.5 Å². The lowest BCUT2D eigenvalue weighted by Gasteiger charge is -2.31. The molecule has 72 valence electrons. The van der Waals surface area contributed by atoms with E-state index in [9.17, 15) is 4.79 Å². The first-order chi connectivity index (χ1) is 6.29. The second-order valence-electron chi connectivity index (χ2n) is 4.57. The van der Waals surface area contributed by atoms with E-state index < -0.39 is 0 Å². The summed E-state index contributed by atoms with van der Waals surface area (Å²) in [5.74, 6) is 1.46. The van der Waals surface area contributed by atoms with Crippen LogP contribution in [0.25, 0.3) is 0 Å². The van der Waals surface area contributed by atoms with E-state index in [1.807, 2.05) is 0 Å². The van der Waals surface area contributed by atoms with Crippen molar-refractivity contribution in [1.29, 1.82) is 0 Å². The molecule has 13 heavy (non-hydrogen) atoms. The molecule has 3 rings (SSSR count). The first kappa shape index (κ1) is 7.80. The zero-order chi connectivity index (χ0) is 9.05. The summed E-state index contributed by atoms with van der Waals surface area (Å²) in [5.41, 5.74) is -0.181. The lowest BCUT2D eigenvalue weighted by atomic mass is 9.92. The van der Waals surface area contributed by atoms with Gasteiger partial charge in [-0.2, -0.15) is 0 Å². The van der Waals surface area contributed by atoms with Crippen LogP contribution in [0.4, 0.5) is 0 Å². The van der Waals surface area contributed by atoms with Gasteiger partial charge in [-0.25, -0.2) is 0 Å². The summed E-state index contributed by atoms with van der Waals surface area (Å²) in [4.78, 5) is 14.1. The van der Waals surface area contributed by atoms with Crippen LogP contribution in [0.15, 0.2) is 0 Å². The Balaban J connectivity index is 1.96. The number of rotatable bonds is 1. The molecule has 3 fully saturated rings. The highest BCUT2D eigenvalue weighted by Gasteiger charge is 2.67. The largest absolute Gasteiger partial charge is 0.468 e. The molecule has 0 aromatic heterocycles. The van der Waals surface area contributed by atoms with E-state index >= 15 is 0 Å². The molecule has 3 aliphatic rings. The summed E-state index contributed by atoms with van der Waals surface area (Å²) in [6, 6.07) is 0. The molecule has 3 nitrogen and oxygen atoms in total. The van der Waals surface area contributed by atoms with E-state index in [-0.39, 0.29) is 11.5 Å². The number of hydrogen-bond acceptors (Lipinski definition) is 3. The van der Waals surface area contributed by atoms with Crippen molar-refractivity contribution in [2.45, 2.75) is 24.8 Å². The van der Waals surface area contributed by atoms with Gasteiger partial charge in [-0.3, -0.25) is 9.69 Å². The molecule has 0 aromatic rings. The number of ether oxygens (including phenoxy) is 1. The van der Waals surface area contributed by atoms with Crippen molar-refractivity contribution in [2.75, 3.05) is 20.2 Å². The molecule has 0 N–H and O–H groups in total. The molecule has 0 spiro atoms. The lowest BCUT2D eigenvalue weighted by Crippen LogP contribution is -2.49. The number of hydrogen-bond donors (Lipinski definition) is 0. The average Bonchev–Trinajstić information content (AvgIpc) is 2.67. The summed E-state index contributed by atoms with van der Waals surface area (Å²) < 4.78 is 4.96. The van der Waals surface area contributed by atoms with Crippen molar-refractivity contribution < 1.29 is 9.53 Å². The Morgan fingerprint density at radius 1 is 1.62 bits per heavy atom. The van der Waals surface area contributed by atoms with Crippen LogP contribution in [-0.4, -0.2) is 36.6 Å². The minimum atomic E-state index is -0.181. The van der Waals surface area contributed by atoms with Crippen LogP contribution < -0.4 is 0 Å². The molecule has 1 aliphatic carbocycles. The monoisotopic (exact) mass is 181 g/mol. The molecular weight excluding hydrogens is 166 g/mol. The zero-order valence-corrected chi connectivity index (χ0v) is 7.95. The van der Waals surface area contributed by atoms with Gasteiger partial charge < -0.3 is 4.74 Å². The Labute approximate surface area is 78.0 Å². The fourth-order valence-electron chi connectivity index (χ4n) is 3.45. The Kier molecular flexibility index (Phi) is 1.36. The van der Waals surface area contributed by atoms with Gasteiger partial charge in [0.1, 0.15) is 5.54 Å². The maximum absolute atomic E-state index is 11.8. The molecule has 0 aromatic carbocycles. The van der Waals surface area contributed by atoms with Crippen LogP contribution in [-0.2, 0) is 9.53 Å². The average molecular weight is 181 g/mol. The molecule has 2 aliphatic heterocycles. The summed E-state index contributed by atoms with van der Waals surface area (Å²) in [6.07, 6.45) is 3.45. The number of esters is 1. The van der Waals surface area contributed by atoms with E-state index in [2.05, 4.69) is 4.90 Å². The molecule has 2 heterocycles. The molecule has 3 atom stereocenters. The van der Waals surface area contributed by atoms with Crippen LogP contribution in [0.3, 0.4) is 0 Å². The van der Waals surface area contributed by atoms with Gasteiger partial charge in [0.25, 0.3) is 0 Å². The van der Waals surface area contributed by atoms with Crippen LogP contribution in [0.2, 0.25) is 0 Å². The van der Waals surface area contributed by atoms with Gasteiger partial charge >= 0.3 is 5.97 Å². The highest BCUT2D eigenvalue weighted by Crippen LogP contribution is 2.59. The molecule has 0 radical (unpaired) electrons. The van der Waals surface area contributed by atoms with Crippen molar-refractivity contribution in [3.05, 3.63) is 0 Å². The summed E-state index contributed by atoms with van der Waals surface area (Å²) in [5, 5.41) is 0. The lowest BCUT2D eigenvalue weighted by molar-refractivity contribution is -0.153. The number of fused-ring (bicyclic) bond motifs is 3. The Morgan fingerprint density at radius 3 is 3.23 bits per heavy atom. The second kappa shape index (κ2) is 2.27. The fourth-order valence-corrected chi connectivity index (χ4v) is 3.45. The third kappa shape index (κ3) is 0.766. The number of methoxy groups -OCH3 is 1. The van der Waals surface area contributed by atoms with Crippen LogP contribution in [0.5, 0.6) is 0 Å². The maximum atomic E-state index is 11.8. The summed E-state index contributed by atoms with van der Waals surface area (Å²) in [7, 11) is 1.52. The Morgan fingerprint density at radius 2 is 2.46 bits per heavy atom. The molecule has 0 bridgehead atoms. The van der Waals surface area contributed by atoms with Crippen molar-refractivity contribution in [1.82, 2.24) is 4.90 Å². The SMILES string of the molecule is COC(=O)C12CCCN1C[C@H]1C[C@H]12. The third-order valence-corrected chi connectivity index (χ3v) is 4.08. The standard InChI is InChI=1S/C10H15NO2/c1-13-9(12)10-3-2-4-11(10)6-7-5-8(7)10/h7-8H,2-6H2,1H3/t7-,8-,10?/m1/s1. The molecule has 3 heteroatoms. The van der Waals surface area contributed by atoms with Crippen molar-refractivity contribution in [2.24, 2.45) is 11.8 Å². The summed E-state index contributed by atoms with van der Waals surface area (Å²) in [6.45, 7) is 2.24. The first-order valence-corrected chi connectivity index (χ1v) is 5.12. The summed E-state index contributed by atoms with van der Waals surface area (Å²) >= 11 is 0. The molecule has 0 amide bonds. The number of carbonyl (C=O) groups is 1. The number of nitrogens with zero attached hydrogens (tertiary/aromatic N) is 1. The van der Waals surface area contributed by atoms with Gasteiger partial charge in [0.15, 0.2) is 0 Å². The van der Waals surface area contributed by atoms with Crippen molar-refractivity contribution in [3.8, 4) is 0 Å². The van der Waals surface area contributed by atoms with Crippen LogP contribution >= 0.6 is 0 Å². The highest BCUT2D eigenvalue weighted by molar-refractivity contribution is 5.83. The maximum Gasteiger partial charge on any atom is 0.326 e. The quantitative estimate of drug-likeness (QED) is 0.556. The Bertz CT molecular complexity index is 266. The van der Waals surface area contributed by atoms with Gasteiger partial charge in [-0.1, -0.05) is 0 Å². The minimum Gasteiger partial charge on any atom is -0.468 e. The molecule has 1 saturated carbocycles. The minimum absolute atomic E-state index is 0.0231. The third-order valence-electron chi connectivity index (χ3n) is 4.08. The second-order valence-corrected chi connectivity index (χ2v) is 4.57. The van der Waals surface area contributed by atoms with Crippen molar-refractivity contribution in [3.63, 3.8) is 0 Å². The van der Waals surface area contributed by atoms with E-state index in [1.165, 1.54) is 20.0 Å². The van der Waals surface area contributed by atoms with E-state index in [4.69, 9.17) is 4.74 Å². The molecular formula is C10H15NO2. The predicted octanol–water partition coefficient (Wildman–Crippen LogP) is 0.644. The fraction of sp³-hybridized carbons (Fsp3) is 0.900. The van der Waals surface area contributed by atoms with Crippen molar-refractivity contribution >= 4 is 5.97 Å². The van der Waals surface area contributed by atoms with E-state index in [1.54, 1.807) is 0 Å². The van der Waals surface area contributed by atoms with Crippen LogP contribution in [0.1, 0.15) is 19.3 Å². The first-order valence-electron chi connectivity index (χ1n) is 5.12. The van der Waals surface area contributed by atoms with Gasteiger partial charge in [-0.05, 0) is 37.6 Å². The number of piperidine rings is 1. The molecule has 2 saturated heterocycles. The van der Waals surface area contributed by atoms with E-state index in [0.717, 1.165) is 25.4 Å². The van der Waals surface area contributed by atoms with Crippen LogP contribution in [0, 0.1) is 11.8 Å². The highest BCUT2D eigenvalue weighted by atomic mass is 16.5. The van der Waals surface area contributed by atoms with E-state index in [0.29, 0.717) is 5.92 Å². The van der Waals surface area contributed by atoms with Gasteiger partial charge in [0.05, 0.1) is 7.11 Å². The van der Waals surface area contributed by atoms with Gasteiger partial charge in [0, 0.05) is 6.54 Å². The Hall–Kier alpha value is -0.570. The predicted molar refractivity (Wildman–Crippen MR) is 47.2 cm³/mol. The zero-order valence-electron chi connectivity index (χ0n) is 7.95. The van der Waals surface area contributed by atoms with Gasteiger partial charge in [-0.15, -0.1) is 0 Å². The normalized spacial score (nSPS) is 47.2.